The minimum Gasteiger partial charge on any atom is -0.489 e. The average molecular weight is 402 g/mol. The minimum absolute atomic E-state index is 0.397. The Balaban J connectivity index is 1.46. The fourth-order valence-corrected chi connectivity index (χ4v) is 3.79. The van der Waals surface area contributed by atoms with E-state index in [1.807, 2.05) is 36.5 Å². The van der Waals surface area contributed by atoms with Crippen LogP contribution < -0.4 is 10.1 Å². The van der Waals surface area contributed by atoms with Gasteiger partial charge < -0.3 is 10.1 Å². The third-order valence-corrected chi connectivity index (χ3v) is 5.45. The molecule has 2 heterocycles. The van der Waals surface area contributed by atoms with Crippen LogP contribution in [0.4, 0.5) is 0 Å². The first kappa shape index (κ1) is 18.4. The molecule has 0 bridgehead atoms. The molecule has 140 valence electrons. The maximum absolute atomic E-state index is 6.22. The summed E-state index contributed by atoms with van der Waals surface area (Å²) >= 11 is 12.2. The highest BCUT2D eigenvalue weighted by atomic mass is 35.5. The molecule has 4 nitrogen and oxygen atoms in total. The number of rotatable bonds is 5. The van der Waals surface area contributed by atoms with Crippen molar-refractivity contribution in [1.82, 2.24) is 15.1 Å². The van der Waals surface area contributed by atoms with E-state index in [0.29, 0.717) is 22.7 Å². The number of hydrogen-bond donors (Lipinski definition) is 1. The third-order valence-electron chi connectivity index (χ3n) is 4.86. The molecule has 3 aromatic rings. The predicted molar refractivity (Wildman–Crippen MR) is 110 cm³/mol. The number of benzene rings is 2. The van der Waals surface area contributed by atoms with Gasteiger partial charge in [-0.2, -0.15) is 5.10 Å². The number of nitrogens with zero attached hydrogens (tertiary/aromatic N) is 2. The Labute approximate surface area is 169 Å². The summed E-state index contributed by atoms with van der Waals surface area (Å²) in [4.78, 5) is 0. The Morgan fingerprint density at radius 2 is 1.93 bits per heavy atom. The Kier molecular flexibility index (Phi) is 5.67. The fourth-order valence-electron chi connectivity index (χ4n) is 3.32. The van der Waals surface area contributed by atoms with Gasteiger partial charge in [-0.3, -0.25) is 4.68 Å². The summed E-state index contributed by atoms with van der Waals surface area (Å²) < 4.78 is 8.03. The van der Waals surface area contributed by atoms with E-state index in [9.17, 15) is 0 Å². The highest BCUT2D eigenvalue weighted by molar-refractivity contribution is 6.35. The van der Waals surface area contributed by atoms with Gasteiger partial charge in [0, 0.05) is 27.4 Å². The van der Waals surface area contributed by atoms with Gasteiger partial charge in [-0.15, -0.1) is 0 Å². The van der Waals surface area contributed by atoms with Gasteiger partial charge >= 0.3 is 0 Å². The van der Waals surface area contributed by atoms with Crippen LogP contribution >= 0.6 is 23.2 Å². The van der Waals surface area contributed by atoms with Crippen LogP contribution in [-0.4, -0.2) is 22.9 Å². The standard InChI is InChI=1S/C21H21Cl2N3O/c22-18-5-4-16(21(23)11-18)14-27-20-3-1-2-15(10-20)17-12-25-26(13-17)19-6-8-24-9-7-19/h1-5,10-13,19,24H,6-9,14H2. The molecule has 0 unspecified atom stereocenters. The monoisotopic (exact) mass is 401 g/mol. The highest BCUT2D eigenvalue weighted by Gasteiger charge is 2.16. The molecule has 1 saturated heterocycles. The summed E-state index contributed by atoms with van der Waals surface area (Å²) in [6, 6.07) is 14.0. The van der Waals surface area contributed by atoms with E-state index in [0.717, 1.165) is 48.4 Å². The molecule has 0 amide bonds. The second kappa shape index (κ2) is 8.34. The van der Waals surface area contributed by atoms with Gasteiger partial charge in [0.2, 0.25) is 0 Å². The second-order valence-electron chi connectivity index (χ2n) is 6.74. The van der Waals surface area contributed by atoms with Gasteiger partial charge in [0.1, 0.15) is 12.4 Å². The summed E-state index contributed by atoms with van der Waals surface area (Å²) in [5.74, 6) is 0.799. The van der Waals surface area contributed by atoms with Crippen molar-refractivity contribution >= 4 is 23.2 Å². The van der Waals surface area contributed by atoms with E-state index in [4.69, 9.17) is 27.9 Å². The van der Waals surface area contributed by atoms with Crippen molar-refractivity contribution < 1.29 is 4.74 Å². The van der Waals surface area contributed by atoms with Crippen molar-refractivity contribution in [2.45, 2.75) is 25.5 Å². The normalized spacial score (nSPS) is 15.0. The van der Waals surface area contributed by atoms with Crippen LogP contribution in [0.2, 0.25) is 10.0 Å². The van der Waals surface area contributed by atoms with E-state index >= 15 is 0 Å². The smallest absolute Gasteiger partial charge is 0.120 e. The molecule has 0 atom stereocenters. The lowest BCUT2D eigenvalue weighted by Crippen LogP contribution is -2.29. The van der Waals surface area contributed by atoms with Crippen molar-refractivity contribution in [1.29, 1.82) is 0 Å². The van der Waals surface area contributed by atoms with Gasteiger partial charge in [-0.1, -0.05) is 41.4 Å². The Morgan fingerprint density at radius 1 is 1.07 bits per heavy atom. The molecular weight excluding hydrogens is 381 g/mol. The van der Waals surface area contributed by atoms with Crippen molar-refractivity contribution in [3.63, 3.8) is 0 Å². The lowest BCUT2D eigenvalue weighted by Gasteiger charge is -2.22. The van der Waals surface area contributed by atoms with Crippen molar-refractivity contribution in [3.05, 3.63) is 70.5 Å². The predicted octanol–water partition coefficient (Wildman–Crippen LogP) is 5.36. The minimum atomic E-state index is 0.397. The maximum atomic E-state index is 6.22. The van der Waals surface area contributed by atoms with E-state index in [1.54, 1.807) is 6.07 Å². The molecule has 0 spiro atoms. The first-order valence-corrected chi connectivity index (χ1v) is 9.87. The zero-order valence-electron chi connectivity index (χ0n) is 14.9. The molecule has 1 aliphatic heterocycles. The number of piperidine rings is 1. The highest BCUT2D eigenvalue weighted by Crippen LogP contribution is 2.27. The molecular formula is C21H21Cl2N3O. The first-order chi connectivity index (χ1) is 13.2. The van der Waals surface area contributed by atoms with E-state index in [2.05, 4.69) is 27.4 Å². The number of hydrogen-bond acceptors (Lipinski definition) is 3. The molecule has 0 aliphatic carbocycles. The van der Waals surface area contributed by atoms with E-state index < -0.39 is 0 Å². The first-order valence-electron chi connectivity index (χ1n) is 9.11. The molecule has 6 heteroatoms. The second-order valence-corrected chi connectivity index (χ2v) is 7.59. The summed E-state index contributed by atoms with van der Waals surface area (Å²) in [6.07, 6.45) is 6.29. The molecule has 4 rings (SSSR count). The molecule has 2 aromatic carbocycles. The maximum Gasteiger partial charge on any atom is 0.120 e. The molecule has 27 heavy (non-hydrogen) atoms. The fraction of sp³-hybridized carbons (Fsp3) is 0.286. The van der Waals surface area contributed by atoms with E-state index in [1.165, 1.54) is 0 Å². The topological polar surface area (TPSA) is 39.1 Å². The Hall–Kier alpha value is -2.01. The SMILES string of the molecule is Clc1ccc(COc2cccc(-c3cnn(C4CCNCC4)c3)c2)c(Cl)c1. The van der Waals surface area contributed by atoms with Gasteiger partial charge in [0.25, 0.3) is 0 Å². The quantitative estimate of drug-likeness (QED) is 0.625. The summed E-state index contributed by atoms with van der Waals surface area (Å²) in [7, 11) is 0. The van der Waals surface area contributed by atoms with Gasteiger partial charge in [-0.05, 0) is 55.8 Å². The lowest BCUT2D eigenvalue weighted by atomic mass is 10.1. The van der Waals surface area contributed by atoms with Crippen molar-refractivity contribution in [3.8, 4) is 16.9 Å². The van der Waals surface area contributed by atoms with Crippen LogP contribution in [0.3, 0.4) is 0 Å². The molecule has 1 fully saturated rings. The van der Waals surface area contributed by atoms with Crippen LogP contribution in [0.5, 0.6) is 5.75 Å². The van der Waals surface area contributed by atoms with Crippen LogP contribution in [0, 0.1) is 0 Å². The van der Waals surface area contributed by atoms with Crippen LogP contribution in [0.1, 0.15) is 24.4 Å². The average Bonchev–Trinajstić information content (AvgIpc) is 3.19. The number of ether oxygens (including phenoxy) is 1. The zero-order chi connectivity index (χ0) is 18.6. The molecule has 1 aliphatic rings. The number of halogens is 2. The summed E-state index contributed by atoms with van der Waals surface area (Å²) in [6.45, 7) is 2.50. The van der Waals surface area contributed by atoms with Crippen LogP contribution in [0.25, 0.3) is 11.1 Å². The van der Waals surface area contributed by atoms with Gasteiger partial charge in [0.15, 0.2) is 0 Å². The number of aromatic nitrogens is 2. The zero-order valence-corrected chi connectivity index (χ0v) is 16.4. The Morgan fingerprint density at radius 3 is 2.74 bits per heavy atom. The van der Waals surface area contributed by atoms with Crippen molar-refractivity contribution in [2.24, 2.45) is 0 Å². The number of nitrogens with one attached hydrogen (secondary N) is 1. The van der Waals surface area contributed by atoms with Gasteiger partial charge in [-0.25, -0.2) is 0 Å². The van der Waals surface area contributed by atoms with Gasteiger partial charge in [0.05, 0.1) is 12.2 Å². The lowest BCUT2D eigenvalue weighted by molar-refractivity contribution is 0.306. The third kappa shape index (κ3) is 4.46. The Bertz CT molecular complexity index is 919. The van der Waals surface area contributed by atoms with E-state index in [-0.39, 0.29) is 0 Å². The molecule has 1 aromatic heterocycles. The van der Waals surface area contributed by atoms with Crippen LogP contribution in [0.15, 0.2) is 54.9 Å². The molecule has 1 N–H and O–H groups in total. The van der Waals surface area contributed by atoms with Crippen LogP contribution in [-0.2, 0) is 6.61 Å². The van der Waals surface area contributed by atoms with Crippen molar-refractivity contribution in [2.75, 3.05) is 13.1 Å². The summed E-state index contributed by atoms with van der Waals surface area (Å²) in [5.41, 5.74) is 3.10. The molecule has 0 saturated carbocycles. The summed E-state index contributed by atoms with van der Waals surface area (Å²) in [5, 5.41) is 9.20. The molecule has 0 radical (unpaired) electrons. The largest absolute Gasteiger partial charge is 0.489 e.